The molecule has 12 heteroatoms. The fourth-order valence-corrected chi connectivity index (χ4v) is 7.43. The van der Waals surface area contributed by atoms with E-state index in [4.69, 9.17) is 0 Å². The number of halogens is 2. The molecule has 0 aliphatic carbocycles. The Morgan fingerprint density at radius 2 is 1.18 bits per heavy atom. The second kappa shape index (κ2) is 8.93. The maximum absolute atomic E-state index is 14.2. The van der Waals surface area contributed by atoms with Crippen molar-refractivity contribution in [1.82, 2.24) is 4.72 Å². The van der Waals surface area contributed by atoms with Crippen LogP contribution in [0.3, 0.4) is 0 Å². The zero-order valence-corrected chi connectivity index (χ0v) is 19.8. The largest absolute Gasteiger partial charge is 0.218 e. The number of nitrogens with one attached hydrogen (secondary N) is 1. The molecule has 0 aromatic heterocycles. The van der Waals surface area contributed by atoms with Crippen molar-refractivity contribution >= 4 is 29.7 Å². The minimum Gasteiger partial charge on any atom is -0.218 e. The fraction of sp³-hybridized carbons (Fsp3) is 0.143. The molecule has 0 amide bonds. The third-order valence-electron chi connectivity index (χ3n) is 4.70. The van der Waals surface area contributed by atoms with E-state index < -0.39 is 62.1 Å². The molecular formula is C21H19F2NO6S3. The monoisotopic (exact) mass is 515 g/mol. The Morgan fingerprint density at radius 1 is 0.697 bits per heavy atom. The molecule has 1 atom stereocenters. The number of sulfone groups is 2. The van der Waals surface area contributed by atoms with Gasteiger partial charge in [-0.2, -0.15) is 0 Å². The molecule has 7 nitrogen and oxygen atoms in total. The number of hydrogen-bond donors (Lipinski definition) is 1. The molecule has 3 aromatic rings. The molecule has 0 radical (unpaired) electrons. The average Bonchev–Trinajstić information content (AvgIpc) is 2.72. The predicted octanol–water partition coefficient (Wildman–Crippen LogP) is 3.24. The van der Waals surface area contributed by atoms with Crippen LogP contribution in [-0.2, 0) is 29.7 Å². The smallest absolute Gasteiger partial charge is 0.213 e. The molecular weight excluding hydrogens is 496 g/mol. The lowest BCUT2D eigenvalue weighted by Crippen LogP contribution is -2.25. The lowest BCUT2D eigenvalue weighted by molar-refractivity contribution is 0.518. The lowest BCUT2D eigenvalue weighted by Gasteiger charge is -2.15. The van der Waals surface area contributed by atoms with Crippen LogP contribution in [0.5, 0.6) is 0 Å². The quantitative estimate of drug-likeness (QED) is 0.517. The van der Waals surface area contributed by atoms with Gasteiger partial charge in [0.05, 0.1) is 20.9 Å². The van der Waals surface area contributed by atoms with Crippen LogP contribution < -0.4 is 4.72 Å². The van der Waals surface area contributed by atoms with E-state index in [9.17, 15) is 34.0 Å². The van der Waals surface area contributed by atoms with Gasteiger partial charge in [0.25, 0.3) is 0 Å². The van der Waals surface area contributed by atoms with E-state index in [0.29, 0.717) is 5.56 Å². The summed E-state index contributed by atoms with van der Waals surface area (Å²) >= 11 is 0. The van der Waals surface area contributed by atoms with Crippen molar-refractivity contribution in [2.24, 2.45) is 0 Å². The lowest BCUT2D eigenvalue weighted by atomic mass is 10.1. The van der Waals surface area contributed by atoms with Crippen molar-refractivity contribution in [3.8, 4) is 0 Å². The van der Waals surface area contributed by atoms with Gasteiger partial charge in [0.2, 0.25) is 29.7 Å². The minimum absolute atomic E-state index is 0.283. The van der Waals surface area contributed by atoms with E-state index in [2.05, 4.69) is 4.72 Å². The Morgan fingerprint density at radius 3 is 1.67 bits per heavy atom. The summed E-state index contributed by atoms with van der Waals surface area (Å²) in [6.07, 6.45) is 0.984. The molecule has 0 aliphatic heterocycles. The molecule has 0 saturated carbocycles. The van der Waals surface area contributed by atoms with Gasteiger partial charge < -0.3 is 0 Å². The Balaban J connectivity index is 2.10. The van der Waals surface area contributed by atoms with Gasteiger partial charge in [0.15, 0.2) is 0 Å². The van der Waals surface area contributed by atoms with E-state index in [-0.39, 0.29) is 4.90 Å². The van der Waals surface area contributed by atoms with Gasteiger partial charge in [0.1, 0.15) is 16.5 Å². The van der Waals surface area contributed by atoms with E-state index >= 15 is 0 Å². The summed E-state index contributed by atoms with van der Waals surface area (Å²) in [5.74, 6) is -2.70. The van der Waals surface area contributed by atoms with Crippen LogP contribution in [0.1, 0.15) is 18.5 Å². The third-order valence-corrected chi connectivity index (χ3v) is 9.30. The van der Waals surface area contributed by atoms with Crippen molar-refractivity contribution in [3.63, 3.8) is 0 Å². The number of rotatable bonds is 7. The second-order valence-electron chi connectivity index (χ2n) is 7.19. The molecule has 0 saturated heterocycles. The summed E-state index contributed by atoms with van der Waals surface area (Å²) < 4.78 is 106. The van der Waals surface area contributed by atoms with Crippen molar-refractivity contribution in [2.75, 3.05) is 6.26 Å². The van der Waals surface area contributed by atoms with Gasteiger partial charge in [0, 0.05) is 6.04 Å². The predicted molar refractivity (Wildman–Crippen MR) is 117 cm³/mol. The van der Waals surface area contributed by atoms with Crippen molar-refractivity contribution in [3.05, 3.63) is 83.9 Å². The number of sulfonamides is 1. The summed E-state index contributed by atoms with van der Waals surface area (Å²) in [4.78, 5) is -2.95. The molecule has 0 bridgehead atoms. The maximum atomic E-state index is 14.2. The summed E-state index contributed by atoms with van der Waals surface area (Å²) in [5, 5.41) is 0. The van der Waals surface area contributed by atoms with E-state index in [1.165, 1.54) is 36.4 Å². The molecule has 0 spiro atoms. The van der Waals surface area contributed by atoms with Crippen molar-refractivity contribution in [1.29, 1.82) is 0 Å². The van der Waals surface area contributed by atoms with Crippen LogP contribution in [0.2, 0.25) is 0 Å². The van der Waals surface area contributed by atoms with Gasteiger partial charge in [-0.15, -0.1) is 0 Å². The van der Waals surface area contributed by atoms with Crippen LogP contribution >= 0.6 is 0 Å². The molecule has 1 N–H and O–H groups in total. The maximum Gasteiger partial charge on any atom is 0.213 e. The van der Waals surface area contributed by atoms with Gasteiger partial charge in [-0.05, 0) is 48.9 Å². The van der Waals surface area contributed by atoms with Crippen LogP contribution in [0.4, 0.5) is 8.78 Å². The average molecular weight is 516 g/mol. The van der Waals surface area contributed by atoms with E-state index in [1.807, 2.05) is 0 Å². The SMILES string of the molecule is C[C@H](NS(C)(=O)=O)c1ccc(S(=O)(=O)c2ccccc2S(=O)(=O)c2c(F)cccc2F)cc1. The zero-order valence-electron chi connectivity index (χ0n) is 17.4. The molecule has 0 unspecified atom stereocenters. The molecule has 33 heavy (non-hydrogen) atoms. The Labute approximate surface area is 191 Å². The molecule has 0 heterocycles. The zero-order chi connectivity index (χ0) is 24.6. The molecule has 0 aliphatic rings. The Kier molecular flexibility index (Phi) is 6.76. The molecule has 0 fully saturated rings. The molecule has 3 aromatic carbocycles. The Bertz CT molecular complexity index is 1500. The summed E-state index contributed by atoms with van der Waals surface area (Å²) in [6.45, 7) is 1.56. The Hall–Kier alpha value is -2.67. The van der Waals surface area contributed by atoms with Gasteiger partial charge >= 0.3 is 0 Å². The highest BCUT2D eigenvalue weighted by Gasteiger charge is 2.32. The van der Waals surface area contributed by atoms with E-state index in [0.717, 1.165) is 36.6 Å². The van der Waals surface area contributed by atoms with Crippen molar-refractivity contribution < 1.29 is 34.0 Å². The first-order valence-electron chi connectivity index (χ1n) is 9.35. The van der Waals surface area contributed by atoms with Crippen LogP contribution in [0.15, 0.2) is 86.3 Å². The van der Waals surface area contributed by atoms with Gasteiger partial charge in [-0.25, -0.2) is 38.8 Å². The summed E-state index contributed by atoms with van der Waals surface area (Å²) in [7, 11) is -12.8. The first-order chi connectivity index (χ1) is 15.2. The number of benzene rings is 3. The second-order valence-corrected chi connectivity index (χ2v) is 12.7. The standard InChI is InChI=1S/C21H19F2NO6S3/c1-14(24-31(2,25)26)15-10-12-16(13-11-15)32(27,28)19-8-3-4-9-20(19)33(29,30)21-17(22)6-5-7-18(21)23/h3-14,24H,1-2H3/t14-/m0/s1. The van der Waals surface area contributed by atoms with Crippen LogP contribution in [0, 0.1) is 11.6 Å². The highest BCUT2D eigenvalue weighted by molar-refractivity contribution is 7.94. The highest BCUT2D eigenvalue weighted by atomic mass is 32.2. The fourth-order valence-electron chi connectivity index (χ4n) is 3.20. The first-order valence-corrected chi connectivity index (χ1v) is 14.2. The van der Waals surface area contributed by atoms with Gasteiger partial charge in [-0.1, -0.05) is 30.3 Å². The minimum atomic E-state index is -4.87. The highest BCUT2D eigenvalue weighted by Crippen LogP contribution is 2.33. The van der Waals surface area contributed by atoms with Crippen LogP contribution in [-0.4, -0.2) is 31.5 Å². The first kappa shape index (κ1) is 25.0. The third kappa shape index (κ3) is 5.13. The van der Waals surface area contributed by atoms with Gasteiger partial charge in [-0.3, -0.25) is 0 Å². The molecule has 3 rings (SSSR count). The summed E-state index contributed by atoms with van der Waals surface area (Å²) in [6, 6.07) is 11.5. The van der Waals surface area contributed by atoms with Crippen molar-refractivity contribution in [2.45, 2.75) is 32.5 Å². The normalized spacial score (nSPS) is 13.6. The topological polar surface area (TPSA) is 114 Å². The van der Waals surface area contributed by atoms with E-state index in [1.54, 1.807) is 6.92 Å². The van der Waals surface area contributed by atoms with Crippen LogP contribution in [0.25, 0.3) is 0 Å². The molecule has 176 valence electrons. The number of hydrogen-bond acceptors (Lipinski definition) is 6. The summed E-state index contributed by atoms with van der Waals surface area (Å²) in [5.41, 5.74) is 0.466.